The molecule has 1 atom stereocenters. The fraction of sp³-hybridized carbons (Fsp3) is 0.286. The molecule has 6 nitrogen and oxygen atoms in total. The average Bonchev–Trinajstić information content (AvgIpc) is 3.01. The number of aliphatic imine (C=N–C) groups is 1. The molecule has 1 fully saturated rings. The van der Waals surface area contributed by atoms with Crippen LogP contribution in [0.15, 0.2) is 53.5 Å². The number of carbonyl (C=O) groups is 2. The van der Waals surface area contributed by atoms with Gasteiger partial charge in [-0.2, -0.15) is 13.2 Å². The summed E-state index contributed by atoms with van der Waals surface area (Å²) in [6.07, 6.45) is -4.79. The second-order valence-electron chi connectivity index (χ2n) is 6.79. The third kappa shape index (κ3) is 6.07. The van der Waals surface area contributed by atoms with Gasteiger partial charge in [-0.25, -0.2) is 9.38 Å². The van der Waals surface area contributed by atoms with Gasteiger partial charge < -0.3 is 10.1 Å². The summed E-state index contributed by atoms with van der Waals surface area (Å²) in [4.78, 5) is 31.0. The van der Waals surface area contributed by atoms with Gasteiger partial charge in [-0.3, -0.25) is 14.5 Å². The standard InChI is InChI=1S/C21H19F4N3O3S/c1-31-10-9-28-19(30)17(32-20(28)27-15-7-5-14(22)6-8-15)12-18(29)26-16-4-2-3-13(11-16)21(23,24)25/h2-8,11,17H,9-10,12H2,1H3,(H,26,29). The van der Waals surface area contributed by atoms with E-state index in [1.807, 2.05) is 0 Å². The highest BCUT2D eigenvalue weighted by Crippen LogP contribution is 2.33. The van der Waals surface area contributed by atoms with E-state index >= 15 is 0 Å². The van der Waals surface area contributed by atoms with Crippen molar-refractivity contribution in [3.05, 3.63) is 59.9 Å². The molecule has 0 aromatic heterocycles. The molecule has 2 amide bonds. The topological polar surface area (TPSA) is 71.0 Å². The molecule has 32 heavy (non-hydrogen) atoms. The molecule has 3 rings (SSSR count). The Bertz CT molecular complexity index is 1010. The summed E-state index contributed by atoms with van der Waals surface area (Å²) in [5.41, 5.74) is -0.476. The number of nitrogens with one attached hydrogen (secondary N) is 1. The van der Waals surface area contributed by atoms with Crippen LogP contribution in [0.3, 0.4) is 0 Å². The minimum Gasteiger partial charge on any atom is -0.383 e. The zero-order chi connectivity index (χ0) is 23.3. The third-order valence-electron chi connectivity index (χ3n) is 4.43. The lowest BCUT2D eigenvalue weighted by atomic mass is 10.2. The van der Waals surface area contributed by atoms with Crippen LogP contribution in [0.4, 0.5) is 28.9 Å². The van der Waals surface area contributed by atoms with Crippen LogP contribution < -0.4 is 5.32 Å². The highest BCUT2D eigenvalue weighted by Gasteiger charge is 2.39. The predicted molar refractivity (Wildman–Crippen MR) is 113 cm³/mol. The number of nitrogens with zero attached hydrogens (tertiary/aromatic N) is 2. The summed E-state index contributed by atoms with van der Waals surface area (Å²) < 4.78 is 56.7. The molecule has 2 aromatic rings. The molecule has 1 heterocycles. The van der Waals surface area contributed by atoms with Crippen LogP contribution in [0.1, 0.15) is 12.0 Å². The van der Waals surface area contributed by atoms with Gasteiger partial charge in [-0.1, -0.05) is 17.8 Å². The summed E-state index contributed by atoms with van der Waals surface area (Å²) >= 11 is 1.06. The Hall–Kier alpha value is -2.92. The monoisotopic (exact) mass is 469 g/mol. The Balaban J connectivity index is 1.72. The number of rotatable bonds is 7. The van der Waals surface area contributed by atoms with E-state index in [4.69, 9.17) is 4.74 Å². The summed E-state index contributed by atoms with van der Waals surface area (Å²) in [5, 5.41) is 1.92. The fourth-order valence-corrected chi connectivity index (χ4v) is 4.08. The lowest BCUT2D eigenvalue weighted by Crippen LogP contribution is -2.35. The zero-order valence-electron chi connectivity index (χ0n) is 16.9. The number of ether oxygens (including phenoxy) is 1. The van der Waals surface area contributed by atoms with Gasteiger partial charge in [0.05, 0.1) is 24.4 Å². The SMILES string of the molecule is COCCN1C(=O)C(CC(=O)Nc2cccc(C(F)(F)F)c2)SC1=Nc1ccc(F)cc1. The number of carbonyl (C=O) groups excluding carboxylic acids is 2. The Labute approximate surface area is 185 Å². The molecule has 11 heteroatoms. The van der Waals surface area contributed by atoms with Crippen LogP contribution in [-0.2, 0) is 20.5 Å². The van der Waals surface area contributed by atoms with Crippen LogP contribution in [0.5, 0.6) is 0 Å². The van der Waals surface area contributed by atoms with E-state index in [0.717, 1.165) is 23.9 Å². The lowest BCUT2D eigenvalue weighted by molar-refractivity contribution is -0.137. The van der Waals surface area contributed by atoms with Crippen molar-refractivity contribution in [2.45, 2.75) is 17.8 Å². The van der Waals surface area contributed by atoms with Crippen molar-refractivity contribution < 1.29 is 31.9 Å². The molecule has 1 N–H and O–H groups in total. The Morgan fingerprint density at radius 3 is 2.59 bits per heavy atom. The van der Waals surface area contributed by atoms with Crippen molar-refractivity contribution in [1.82, 2.24) is 4.90 Å². The number of methoxy groups -OCH3 is 1. The Morgan fingerprint density at radius 2 is 1.94 bits per heavy atom. The second-order valence-corrected chi connectivity index (χ2v) is 7.96. The normalized spacial score (nSPS) is 17.8. The van der Waals surface area contributed by atoms with Crippen molar-refractivity contribution in [3.63, 3.8) is 0 Å². The van der Waals surface area contributed by atoms with Crippen LogP contribution in [0.25, 0.3) is 0 Å². The number of thioether (sulfide) groups is 1. The van der Waals surface area contributed by atoms with Gasteiger partial charge in [0, 0.05) is 19.2 Å². The first kappa shape index (κ1) is 23.7. The van der Waals surface area contributed by atoms with Crippen LogP contribution in [0.2, 0.25) is 0 Å². The third-order valence-corrected chi connectivity index (χ3v) is 5.61. The molecule has 0 saturated carbocycles. The van der Waals surface area contributed by atoms with Crippen LogP contribution in [-0.4, -0.2) is 47.4 Å². The first-order chi connectivity index (χ1) is 15.2. The maximum atomic E-state index is 13.1. The average molecular weight is 469 g/mol. The van der Waals surface area contributed by atoms with Crippen molar-refractivity contribution in [2.75, 3.05) is 25.6 Å². The number of halogens is 4. The lowest BCUT2D eigenvalue weighted by Gasteiger charge is -2.15. The second kappa shape index (κ2) is 10.1. The van der Waals surface area contributed by atoms with Gasteiger partial charge in [0.15, 0.2) is 5.17 Å². The molecular weight excluding hydrogens is 450 g/mol. The number of amides is 2. The van der Waals surface area contributed by atoms with Gasteiger partial charge in [0.25, 0.3) is 0 Å². The largest absolute Gasteiger partial charge is 0.416 e. The minimum absolute atomic E-state index is 0.0169. The quantitative estimate of drug-likeness (QED) is 0.609. The van der Waals surface area contributed by atoms with Crippen molar-refractivity contribution in [2.24, 2.45) is 4.99 Å². The number of anilines is 1. The van der Waals surface area contributed by atoms with E-state index in [-0.39, 0.29) is 31.2 Å². The maximum absolute atomic E-state index is 13.1. The molecule has 1 saturated heterocycles. The van der Waals surface area contributed by atoms with E-state index in [9.17, 15) is 27.2 Å². The maximum Gasteiger partial charge on any atom is 0.416 e. The van der Waals surface area contributed by atoms with Gasteiger partial charge >= 0.3 is 6.18 Å². The van der Waals surface area contributed by atoms with Crippen molar-refractivity contribution in [3.8, 4) is 0 Å². The molecule has 0 aliphatic carbocycles. The molecule has 1 aliphatic heterocycles. The van der Waals surface area contributed by atoms with Crippen LogP contribution >= 0.6 is 11.8 Å². The highest BCUT2D eigenvalue weighted by molar-refractivity contribution is 8.15. The van der Waals surface area contributed by atoms with Gasteiger partial charge in [-0.05, 0) is 42.5 Å². The molecule has 0 bridgehead atoms. The van der Waals surface area contributed by atoms with Crippen LogP contribution in [0, 0.1) is 5.82 Å². The van der Waals surface area contributed by atoms with E-state index < -0.39 is 28.7 Å². The van der Waals surface area contributed by atoms with Gasteiger partial charge in [0.2, 0.25) is 11.8 Å². The molecule has 170 valence electrons. The van der Waals surface area contributed by atoms with Crippen molar-refractivity contribution >= 4 is 40.1 Å². The minimum atomic E-state index is -4.54. The zero-order valence-corrected chi connectivity index (χ0v) is 17.7. The predicted octanol–water partition coefficient (Wildman–Crippen LogP) is 4.45. The van der Waals surface area contributed by atoms with Gasteiger partial charge in [0.1, 0.15) is 11.1 Å². The highest BCUT2D eigenvalue weighted by atomic mass is 32.2. The number of benzene rings is 2. The van der Waals surface area contributed by atoms with E-state index in [1.165, 1.54) is 48.4 Å². The molecular formula is C21H19F4N3O3S. The molecule has 0 radical (unpaired) electrons. The fourth-order valence-electron chi connectivity index (χ4n) is 2.89. The summed E-state index contributed by atoms with van der Waals surface area (Å²) in [5.74, 6) is -1.40. The Kier molecular flexibility index (Phi) is 7.52. The summed E-state index contributed by atoms with van der Waals surface area (Å²) in [6, 6.07) is 9.63. The van der Waals surface area contributed by atoms with Crippen molar-refractivity contribution in [1.29, 1.82) is 0 Å². The molecule has 2 aromatic carbocycles. The Morgan fingerprint density at radius 1 is 1.22 bits per heavy atom. The summed E-state index contributed by atoms with van der Waals surface area (Å²) in [7, 11) is 1.48. The first-order valence-electron chi connectivity index (χ1n) is 9.45. The number of hydrogen-bond acceptors (Lipinski definition) is 5. The molecule has 0 spiro atoms. The van der Waals surface area contributed by atoms with E-state index in [2.05, 4.69) is 10.3 Å². The van der Waals surface area contributed by atoms with E-state index in [0.29, 0.717) is 10.9 Å². The number of amidine groups is 1. The smallest absolute Gasteiger partial charge is 0.383 e. The number of hydrogen-bond donors (Lipinski definition) is 1. The molecule has 1 aliphatic rings. The van der Waals surface area contributed by atoms with E-state index in [1.54, 1.807) is 0 Å². The van der Waals surface area contributed by atoms with Gasteiger partial charge in [-0.15, -0.1) is 0 Å². The number of alkyl halides is 3. The summed E-state index contributed by atoms with van der Waals surface area (Å²) in [6.45, 7) is 0.437. The molecule has 1 unspecified atom stereocenters. The first-order valence-corrected chi connectivity index (χ1v) is 10.3.